The van der Waals surface area contributed by atoms with Crippen molar-refractivity contribution >= 4 is 21.6 Å². The molecule has 7 nitrogen and oxygen atoms in total. The van der Waals surface area contributed by atoms with Gasteiger partial charge < -0.3 is 15.4 Å². The summed E-state index contributed by atoms with van der Waals surface area (Å²) in [6.45, 7) is 2.62. The Bertz CT molecular complexity index is 1070. The number of rotatable bonds is 7. The summed E-state index contributed by atoms with van der Waals surface area (Å²) in [7, 11) is -3.69. The molecule has 150 valence electrons. The van der Waals surface area contributed by atoms with Crippen molar-refractivity contribution in [1.29, 1.82) is 0 Å². The Labute approximate surface area is 169 Å². The number of carbonyl (C=O) groups excluding carboxylic acids is 1. The fourth-order valence-corrected chi connectivity index (χ4v) is 3.91. The predicted octanol–water partition coefficient (Wildman–Crippen LogP) is 3.63. The summed E-state index contributed by atoms with van der Waals surface area (Å²) in [5.41, 5.74) is 1.36. The molecule has 8 heteroatoms. The van der Waals surface area contributed by atoms with Crippen molar-refractivity contribution in [2.45, 2.75) is 23.3 Å². The second-order valence-corrected chi connectivity index (χ2v) is 8.05. The van der Waals surface area contributed by atoms with Gasteiger partial charge in [-0.05, 0) is 61.0 Å². The number of anilines is 1. The van der Waals surface area contributed by atoms with E-state index in [2.05, 4.69) is 15.6 Å². The third-order valence-electron chi connectivity index (χ3n) is 4.03. The smallest absolute Gasteiger partial charge is 0.319 e. The first-order chi connectivity index (χ1) is 14.0. The van der Waals surface area contributed by atoms with E-state index in [9.17, 15) is 13.2 Å². The maximum Gasteiger partial charge on any atom is 0.319 e. The second-order valence-electron chi connectivity index (χ2n) is 6.10. The average molecular weight is 411 g/mol. The van der Waals surface area contributed by atoms with Crippen molar-refractivity contribution in [3.05, 3.63) is 78.6 Å². The van der Waals surface area contributed by atoms with Crippen LogP contribution in [0.3, 0.4) is 0 Å². The predicted molar refractivity (Wildman–Crippen MR) is 110 cm³/mol. The molecule has 1 heterocycles. The van der Waals surface area contributed by atoms with E-state index < -0.39 is 15.9 Å². The number of sulfone groups is 1. The van der Waals surface area contributed by atoms with E-state index in [-0.39, 0.29) is 9.79 Å². The van der Waals surface area contributed by atoms with Crippen LogP contribution < -0.4 is 15.4 Å². The van der Waals surface area contributed by atoms with Crippen LogP contribution in [0.2, 0.25) is 0 Å². The fraction of sp³-hybridized carbons (Fsp3) is 0.143. The molecule has 0 radical (unpaired) electrons. The van der Waals surface area contributed by atoms with Gasteiger partial charge in [-0.2, -0.15) is 0 Å². The molecule has 0 spiro atoms. The lowest BCUT2D eigenvalue weighted by molar-refractivity contribution is 0.251. The van der Waals surface area contributed by atoms with Gasteiger partial charge in [0.1, 0.15) is 5.75 Å². The molecular formula is C21H21N3O4S. The van der Waals surface area contributed by atoms with Crippen molar-refractivity contribution in [1.82, 2.24) is 10.3 Å². The molecule has 2 N–H and O–H groups in total. The molecule has 2 aromatic carbocycles. The number of ether oxygens (including phenoxy) is 1. The number of carbonyl (C=O) groups is 1. The Balaban J connectivity index is 1.66. The SMILES string of the molecule is CCOc1cccc(S(=O)(=O)c2ccc(NC(=O)NCc3cccnc3)cc2)c1. The minimum atomic E-state index is -3.69. The van der Waals surface area contributed by atoms with Crippen LogP contribution in [-0.4, -0.2) is 26.0 Å². The summed E-state index contributed by atoms with van der Waals surface area (Å²) in [4.78, 5) is 16.3. The van der Waals surface area contributed by atoms with Crippen LogP contribution in [-0.2, 0) is 16.4 Å². The number of hydrogen-bond acceptors (Lipinski definition) is 5. The van der Waals surface area contributed by atoms with Crippen LogP contribution in [0.1, 0.15) is 12.5 Å². The highest BCUT2D eigenvalue weighted by atomic mass is 32.2. The number of urea groups is 1. The number of benzene rings is 2. The van der Waals surface area contributed by atoms with Crippen molar-refractivity contribution < 1.29 is 17.9 Å². The number of aromatic nitrogens is 1. The largest absolute Gasteiger partial charge is 0.494 e. The summed E-state index contributed by atoms with van der Waals surface area (Å²) in [6.07, 6.45) is 3.33. The lowest BCUT2D eigenvalue weighted by atomic mass is 10.3. The molecule has 0 bridgehead atoms. The van der Waals surface area contributed by atoms with Crippen LogP contribution in [0.25, 0.3) is 0 Å². The average Bonchev–Trinajstić information content (AvgIpc) is 2.74. The quantitative estimate of drug-likeness (QED) is 0.619. The van der Waals surface area contributed by atoms with Gasteiger partial charge in [-0.3, -0.25) is 4.98 Å². The molecule has 0 aliphatic carbocycles. The van der Waals surface area contributed by atoms with E-state index in [0.717, 1.165) is 5.56 Å². The summed E-state index contributed by atoms with van der Waals surface area (Å²) < 4.78 is 31.0. The Morgan fingerprint density at radius 1 is 1.03 bits per heavy atom. The van der Waals surface area contributed by atoms with Gasteiger partial charge >= 0.3 is 6.03 Å². The van der Waals surface area contributed by atoms with Gasteiger partial charge in [-0.15, -0.1) is 0 Å². The Kier molecular flexibility index (Phi) is 6.46. The first kappa shape index (κ1) is 20.3. The molecule has 0 aliphatic heterocycles. The molecule has 0 aliphatic rings. The van der Waals surface area contributed by atoms with E-state index in [1.807, 2.05) is 13.0 Å². The molecule has 1 aromatic heterocycles. The van der Waals surface area contributed by atoms with Gasteiger partial charge in [0, 0.05) is 24.6 Å². The van der Waals surface area contributed by atoms with Gasteiger partial charge in [0.2, 0.25) is 9.84 Å². The number of pyridine rings is 1. The lowest BCUT2D eigenvalue weighted by Gasteiger charge is -2.10. The zero-order valence-corrected chi connectivity index (χ0v) is 16.6. The summed E-state index contributed by atoms with van der Waals surface area (Å²) in [6, 6.07) is 15.6. The normalized spacial score (nSPS) is 10.9. The van der Waals surface area contributed by atoms with E-state index in [1.165, 1.54) is 24.3 Å². The molecule has 0 unspecified atom stereocenters. The number of hydrogen-bond donors (Lipinski definition) is 2. The van der Waals surface area contributed by atoms with Crippen molar-refractivity contribution in [2.75, 3.05) is 11.9 Å². The molecule has 3 rings (SSSR count). The molecule has 0 saturated carbocycles. The maximum atomic E-state index is 12.8. The molecule has 29 heavy (non-hydrogen) atoms. The van der Waals surface area contributed by atoms with Crippen LogP contribution in [0.5, 0.6) is 5.75 Å². The van der Waals surface area contributed by atoms with Crippen molar-refractivity contribution in [2.24, 2.45) is 0 Å². The minimum absolute atomic E-state index is 0.132. The van der Waals surface area contributed by atoms with Crippen LogP contribution in [0, 0.1) is 0 Å². The first-order valence-electron chi connectivity index (χ1n) is 9.01. The summed E-state index contributed by atoms with van der Waals surface area (Å²) >= 11 is 0. The third kappa shape index (κ3) is 5.32. The number of amides is 2. The van der Waals surface area contributed by atoms with E-state index in [1.54, 1.807) is 42.7 Å². The van der Waals surface area contributed by atoms with Gasteiger partial charge in [0.05, 0.1) is 16.4 Å². The van der Waals surface area contributed by atoms with Gasteiger partial charge in [0.25, 0.3) is 0 Å². The highest BCUT2D eigenvalue weighted by molar-refractivity contribution is 7.91. The zero-order chi connectivity index (χ0) is 20.7. The molecule has 0 saturated heterocycles. The van der Waals surface area contributed by atoms with Gasteiger partial charge in [-0.25, -0.2) is 13.2 Å². The molecular weight excluding hydrogens is 390 g/mol. The third-order valence-corrected chi connectivity index (χ3v) is 5.79. The van der Waals surface area contributed by atoms with E-state index in [4.69, 9.17) is 4.74 Å². The van der Waals surface area contributed by atoms with Crippen LogP contribution >= 0.6 is 0 Å². The van der Waals surface area contributed by atoms with Crippen molar-refractivity contribution in [3.63, 3.8) is 0 Å². The van der Waals surface area contributed by atoms with Gasteiger partial charge in [-0.1, -0.05) is 12.1 Å². The first-order valence-corrected chi connectivity index (χ1v) is 10.5. The van der Waals surface area contributed by atoms with Crippen LogP contribution in [0.4, 0.5) is 10.5 Å². The van der Waals surface area contributed by atoms with Crippen LogP contribution in [0.15, 0.2) is 82.8 Å². The van der Waals surface area contributed by atoms with E-state index in [0.29, 0.717) is 24.6 Å². The second kappa shape index (κ2) is 9.20. The number of nitrogens with one attached hydrogen (secondary N) is 2. The molecule has 0 fully saturated rings. The van der Waals surface area contributed by atoms with Gasteiger partial charge in [0.15, 0.2) is 0 Å². The Morgan fingerprint density at radius 2 is 1.83 bits per heavy atom. The fourth-order valence-electron chi connectivity index (χ4n) is 2.61. The standard InChI is InChI=1S/C21H21N3O4S/c1-2-28-18-6-3-7-20(13-18)29(26,27)19-10-8-17(9-11-19)24-21(25)23-15-16-5-4-12-22-14-16/h3-14H,2,15H2,1H3,(H2,23,24,25). The molecule has 3 aromatic rings. The summed E-state index contributed by atoms with van der Waals surface area (Å²) in [5, 5.41) is 5.39. The topological polar surface area (TPSA) is 97.4 Å². The molecule has 2 amide bonds. The Hall–Kier alpha value is -3.39. The highest BCUT2D eigenvalue weighted by Crippen LogP contribution is 2.25. The highest BCUT2D eigenvalue weighted by Gasteiger charge is 2.18. The zero-order valence-electron chi connectivity index (χ0n) is 15.8. The summed E-state index contributed by atoms with van der Waals surface area (Å²) in [5.74, 6) is 0.497. The van der Waals surface area contributed by atoms with Crippen molar-refractivity contribution in [3.8, 4) is 5.75 Å². The lowest BCUT2D eigenvalue weighted by Crippen LogP contribution is -2.28. The molecule has 0 atom stereocenters. The monoisotopic (exact) mass is 411 g/mol. The number of nitrogens with zero attached hydrogens (tertiary/aromatic N) is 1. The minimum Gasteiger partial charge on any atom is -0.494 e. The maximum absolute atomic E-state index is 12.8. The van der Waals surface area contributed by atoms with E-state index >= 15 is 0 Å². The Morgan fingerprint density at radius 3 is 2.52 bits per heavy atom.